The molecule has 152 valence electrons. The number of benzene rings is 2. The van der Waals surface area contributed by atoms with Crippen molar-refractivity contribution in [3.8, 4) is 5.75 Å². The molecule has 1 heterocycles. The summed E-state index contributed by atoms with van der Waals surface area (Å²) < 4.78 is 56.0. The van der Waals surface area contributed by atoms with Gasteiger partial charge in [-0.2, -0.15) is 18.3 Å². The highest BCUT2D eigenvalue weighted by molar-refractivity contribution is 6.31. The predicted octanol–water partition coefficient (Wildman–Crippen LogP) is 4.92. The monoisotopic (exact) mass is 427 g/mol. The summed E-state index contributed by atoms with van der Waals surface area (Å²) in [5.74, 6) is -1.06. The van der Waals surface area contributed by atoms with Gasteiger partial charge in [-0.25, -0.2) is 4.39 Å². The summed E-state index contributed by atoms with van der Waals surface area (Å²) in [7, 11) is 0. The zero-order valence-electron chi connectivity index (χ0n) is 14.7. The molecule has 10 heteroatoms. The number of hydrogen-bond donors (Lipinski definition) is 1. The van der Waals surface area contributed by atoms with Gasteiger partial charge in [-0.05, 0) is 35.9 Å². The number of hydrogen-bond acceptors (Lipinski definition) is 3. The Bertz CT molecular complexity index is 1020. The van der Waals surface area contributed by atoms with E-state index in [9.17, 15) is 22.4 Å². The van der Waals surface area contributed by atoms with Gasteiger partial charge in [-0.15, -0.1) is 0 Å². The minimum Gasteiger partial charge on any atom is -0.484 e. The van der Waals surface area contributed by atoms with Crippen LogP contribution < -0.4 is 10.1 Å². The van der Waals surface area contributed by atoms with E-state index >= 15 is 0 Å². The molecule has 0 radical (unpaired) electrons. The second-order valence-electron chi connectivity index (χ2n) is 6.05. The Balaban J connectivity index is 1.64. The minimum atomic E-state index is -4.47. The summed E-state index contributed by atoms with van der Waals surface area (Å²) in [6.07, 6.45) is -1.53. The number of carbonyl (C=O) groups is 1. The molecule has 1 N–H and O–H groups in total. The Morgan fingerprint density at radius 1 is 1.21 bits per heavy atom. The standard InChI is InChI=1S/C19H14ClF4N3O2/c20-17-7-14(21)5-4-13(17)9-27-10-15(8-25-27)26-18(28)12-2-1-3-16(6-12)29-11-19(22,23)24/h1-8,10H,9,11H2,(H,26,28). The van der Waals surface area contributed by atoms with Crippen LogP contribution in [0, 0.1) is 5.82 Å². The predicted molar refractivity (Wildman–Crippen MR) is 98.7 cm³/mol. The summed E-state index contributed by atoms with van der Waals surface area (Å²) in [5.41, 5.74) is 1.14. The molecule has 0 aliphatic rings. The van der Waals surface area contributed by atoms with Crippen LogP contribution >= 0.6 is 11.6 Å². The molecule has 1 aromatic heterocycles. The van der Waals surface area contributed by atoms with Gasteiger partial charge in [0.25, 0.3) is 5.91 Å². The number of aromatic nitrogens is 2. The van der Waals surface area contributed by atoms with E-state index in [1.54, 1.807) is 6.20 Å². The van der Waals surface area contributed by atoms with Crippen LogP contribution in [0.3, 0.4) is 0 Å². The molecule has 2 aromatic carbocycles. The topological polar surface area (TPSA) is 56.2 Å². The second-order valence-corrected chi connectivity index (χ2v) is 6.46. The van der Waals surface area contributed by atoms with E-state index in [-0.39, 0.29) is 22.9 Å². The van der Waals surface area contributed by atoms with Crippen LogP contribution in [-0.4, -0.2) is 28.5 Å². The molecule has 0 aliphatic carbocycles. The normalized spacial score (nSPS) is 11.3. The van der Waals surface area contributed by atoms with Crippen LogP contribution in [0.1, 0.15) is 15.9 Å². The summed E-state index contributed by atoms with van der Waals surface area (Å²) in [6.45, 7) is -1.19. The third kappa shape index (κ3) is 5.95. The molecule has 0 unspecified atom stereocenters. The lowest BCUT2D eigenvalue weighted by Gasteiger charge is -2.10. The largest absolute Gasteiger partial charge is 0.484 e. The number of nitrogens with zero attached hydrogens (tertiary/aromatic N) is 2. The van der Waals surface area contributed by atoms with E-state index < -0.39 is 24.5 Å². The molecule has 5 nitrogen and oxygen atoms in total. The summed E-state index contributed by atoms with van der Waals surface area (Å²) >= 11 is 5.99. The fourth-order valence-electron chi connectivity index (χ4n) is 2.43. The van der Waals surface area contributed by atoms with Crippen molar-refractivity contribution in [2.45, 2.75) is 12.7 Å². The van der Waals surface area contributed by atoms with Crippen LogP contribution in [-0.2, 0) is 6.54 Å². The lowest BCUT2D eigenvalue weighted by atomic mass is 10.2. The zero-order chi connectivity index (χ0) is 21.0. The molecule has 0 spiro atoms. The molecule has 29 heavy (non-hydrogen) atoms. The third-order valence-electron chi connectivity index (χ3n) is 3.74. The Morgan fingerprint density at radius 3 is 2.72 bits per heavy atom. The van der Waals surface area contributed by atoms with Gasteiger partial charge >= 0.3 is 6.18 Å². The number of nitrogens with one attached hydrogen (secondary N) is 1. The van der Waals surface area contributed by atoms with Crippen molar-refractivity contribution in [1.82, 2.24) is 9.78 Å². The van der Waals surface area contributed by atoms with Crippen molar-refractivity contribution >= 4 is 23.2 Å². The maximum Gasteiger partial charge on any atom is 0.422 e. The first-order valence-electron chi connectivity index (χ1n) is 8.27. The fourth-order valence-corrected chi connectivity index (χ4v) is 2.66. The van der Waals surface area contributed by atoms with E-state index in [0.717, 1.165) is 0 Å². The molecule has 1 amide bonds. The van der Waals surface area contributed by atoms with Gasteiger partial charge < -0.3 is 10.1 Å². The number of alkyl halides is 3. The van der Waals surface area contributed by atoms with Crippen molar-refractivity contribution in [2.75, 3.05) is 11.9 Å². The van der Waals surface area contributed by atoms with E-state index in [2.05, 4.69) is 15.2 Å². The van der Waals surface area contributed by atoms with Gasteiger partial charge in [-0.3, -0.25) is 9.48 Å². The number of halogens is 5. The second kappa shape index (κ2) is 8.52. The van der Waals surface area contributed by atoms with Gasteiger partial charge in [0.2, 0.25) is 0 Å². The molecule has 3 aromatic rings. The van der Waals surface area contributed by atoms with Crippen molar-refractivity contribution in [1.29, 1.82) is 0 Å². The van der Waals surface area contributed by atoms with Crippen molar-refractivity contribution in [2.24, 2.45) is 0 Å². The van der Waals surface area contributed by atoms with Crippen LogP contribution in [0.25, 0.3) is 0 Å². The molecule has 3 rings (SSSR count). The number of anilines is 1. The average Bonchev–Trinajstić information content (AvgIpc) is 3.09. The van der Waals surface area contributed by atoms with Crippen molar-refractivity contribution in [3.63, 3.8) is 0 Å². The van der Waals surface area contributed by atoms with Gasteiger partial charge in [0.05, 0.1) is 18.4 Å². The summed E-state index contributed by atoms with van der Waals surface area (Å²) in [5, 5.41) is 6.94. The van der Waals surface area contributed by atoms with Crippen LogP contribution in [0.5, 0.6) is 5.75 Å². The van der Waals surface area contributed by atoms with Crippen LogP contribution in [0.2, 0.25) is 5.02 Å². The van der Waals surface area contributed by atoms with Gasteiger partial charge in [0.15, 0.2) is 6.61 Å². The fraction of sp³-hybridized carbons (Fsp3) is 0.158. The smallest absolute Gasteiger partial charge is 0.422 e. The van der Waals surface area contributed by atoms with Crippen LogP contribution in [0.4, 0.5) is 23.2 Å². The lowest BCUT2D eigenvalue weighted by Crippen LogP contribution is -2.19. The van der Waals surface area contributed by atoms with E-state index in [4.69, 9.17) is 11.6 Å². The Labute approximate surface area is 167 Å². The first-order valence-corrected chi connectivity index (χ1v) is 8.65. The zero-order valence-corrected chi connectivity index (χ0v) is 15.5. The lowest BCUT2D eigenvalue weighted by molar-refractivity contribution is -0.153. The molecule has 0 saturated heterocycles. The molecular formula is C19H14ClF4N3O2. The SMILES string of the molecule is O=C(Nc1cnn(Cc2ccc(F)cc2Cl)c1)c1cccc(OCC(F)(F)F)c1. The maximum absolute atomic E-state index is 13.1. The maximum atomic E-state index is 13.1. The number of rotatable bonds is 6. The Kier molecular flexibility index (Phi) is 6.07. The highest BCUT2D eigenvalue weighted by Crippen LogP contribution is 2.21. The van der Waals surface area contributed by atoms with E-state index in [0.29, 0.717) is 11.3 Å². The van der Waals surface area contributed by atoms with Crippen molar-refractivity contribution < 1.29 is 27.1 Å². The Hall–Kier alpha value is -3.07. The summed E-state index contributed by atoms with van der Waals surface area (Å²) in [6, 6.07) is 9.40. The van der Waals surface area contributed by atoms with Gasteiger partial charge in [0.1, 0.15) is 11.6 Å². The number of ether oxygens (including phenoxy) is 1. The minimum absolute atomic E-state index is 0.0726. The third-order valence-corrected chi connectivity index (χ3v) is 4.09. The van der Waals surface area contributed by atoms with E-state index in [1.807, 2.05) is 0 Å². The quantitative estimate of drug-likeness (QED) is 0.568. The molecule has 0 bridgehead atoms. The first kappa shape index (κ1) is 20.7. The van der Waals surface area contributed by atoms with Crippen LogP contribution in [0.15, 0.2) is 54.9 Å². The highest BCUT2D eigenvalue weighted by Gasteiger charge is 2.28. The molecular weight excluding hydrogens is 414 g/mol. The van der Waals surface area contributed by atoms with Gasteiger partial charge in [0, 0.05) is 16.8 Å². The first-order chi connectivity index (χ1) is 13.7. The number of amides is 1. The summed E-state index contributed by atoms with van der Waals surface area (Å²) in [4.78, 5) is 12.3. The Morgan fingerprint density at radius 2 is 2.00 bits per heavy atom. The molecule has 0 saturated carbocycles. The van der Waals surface area contributed by atoms with Gasteiger partial charge in [-0.1, -0.05) is 23.7 Å². The van der Waals surface area contributed by atoms with E-state index in [1.165, 1.54) is 53.3 Å². The van der Waals surface area contributed by atoms with Crippen molar-refractivity contribution in [3.05, 3.63) is 76.8 Å². The average molecular weight is 428 g/mol. The molecule has 0 fully saturated rings. The highest BCUT2D eigenvalue weighted by atomic mass is 35.5. The molecule has 0 aliphatic heterocycles. The number of carbonyl (C=O) groups excluding carboxylic acids is 1. The molecule has 0 atom stereocenters.